The number of hydrogen-bond acceptors (Lipinski definition) is 5. The van der Waals surface area contributed by atoms with E-state index in [0.717, 1.165) is 12.8 Å². The van der Waals surface area contributed by atoms with Gasteiger partial charge in [0.15, 0.2) is 0 Å². The van der Waals surface area contributed by atoms with Crippen LogP contribution in [0.25, 0.3) is 0 Å². The van der Waals surface area contributed by atoms with Gasteiger partial charge in [-0.2, -0.15) is 4.98 Å². The van der Waals surface area contributed by atoms with Crippen molar-refractivity contribution in [2.45, 2.75) is 58.7 Å². The first kappa shape index (κ1) is 16.6. The van der Waals surface area contributed by atoms with Gasteiger partial charge in [-0.25, -0.2) is 0 Å². The summed E-state index contributed by atoms with van der Waals surface area (Å²) in [6.07, 6.45) is 1.67. The maximum Gasteiger partial charge on any atom is 0.239 e. The number of pyridine rings is 1. The third kappa shape index (κ3) is 5.65. The Morgan fingerprint density at radius 1 is 1.30 bits per heavy atom. The fraction of sp³-hybridized carbons (Fsp3) is 0.667. The minimum atomic E-state index is -0.747. The molecule has 0 amide bonds. The minimum Gasteiger partial charge on any atom is -0.470 e. The number of nitrogens with zero attached hydrogens (tertiary/aromatic N) is 1. The maximum absolute atomic E-state index is 10.1. The van der Waals surface area contributed by atoms with Gasteiger partial charge in [0.25, 0.3) is 0 Å². The zero-order chi connectivity index (χ0) is 15.4. The molecule has 1 heterocycles. The lowest BCUT2D eigenvalue weighted by atomic mass is 10.0. The van der Waals surface area contributed by atoms with Crippen LogP contribution >= 0.6 is 0 Å². The van der Waals surface area contributed by atoms with Crippen molar-refractivity contribution in [3.05, 3.63) is 12.1 Å². The molecule has 1 atom stereocenters. The average Bonchev–Trinajstić information content (AvgIpc) is 2.28. The number of aliphatic hydroxyl groups is 1. The Kier molecular flexibility index (Phi) is 5.22. The van der Waals surface area contributed by atoms with E-state index in [1.54, 1.807) is 12.1 Å². The molecule has 1 unspecified atom stereocenters. The molecule has 0 aliphatic carbocycles. The topological polar surface area (TPSA) is 80.4 Å². The second-order valence-electron chi connectivity index (χ2n) is 6.41. The van der Waals surface area contributed by atoms with E-state index in [-0.39, 0.29) is 5.60 Å². The first-order chi connectivity index (χ1) is 9.13. The van der Waals surface area contributed by atoms with Crippen molar-refractivity contribution < 1.29 is 9.84 Å². The zero-order valence-corrected chi connectivity index (χ0v) is 13.2. The van der Waals surface area contributed by atoms with Crippen molar-refractivity contribution in [3.8, 4) is 5.88 Å². The predicted molar refractivity (Wildman–Crippen MR) is 83.1 cm³/mol. The minimum absolute atomic E-state index is 0.354. The third-order valence-electron chi connectivity index (χ3n) is 2.73. The molecule has 1 aromatic rings. The molecule has 0 saturated heterocycles. The van der Waals surface area contributed by atoms with E-state index in [1.165, 1.54) is 0 Å². The van der Waals surface area contributed by atoms with Gasteiger partial charge in [0.1, 0.15) is 11.4 Å². The summed E-state index contributed by atoms with van der Waals surface area (Å²) in [4.78, 5) is 4.35. The maximum atomic E-state index is 10.1. The van der Waals surface area contributed by atoms with Crippen LogP contribution in [-0.2, 0) is 0 Å². The summed E-state index contributed by atoms with van der Waals surface area (Å²) in [6, 6.07) is 3.54. The van der Waals surface area contributed by atoms with Crippen LogP contribution in [0.4, 0.5) is 11.5 Å². The zero-order valence-electron chi connectivity index (χ0n) is 13.2. The van der Waals surface area contributed by atoms with Crippen LogP contribution in [-0.4, -0.2) is 27.8 Å². The molecule has 0 bridgehead atoms. The fourth-order valence-corrected chi connectivity index (χ4v) is 1.83. The van der Waals surface area contributed by atoms with Gasteiger partial charge in [-0.3, -0.25) is 0 Å². The number of anilines is 2. The molecule has 1 rings (SSSR count). The number of ether oxygens (including phenoxy) is 1. The Balaban J connectivity index is 2.75. The molecule has 4 N–H and O–H groups in total. The summed E-state index contributed by atoms with van der Waals surface area (Å²) in [5.41, 5.74) is 5.27. The Labute approximate surface area is 121 Å². The molecule has 5 nitrogen and oxygen atoms in total. The second-order valence-corrected chi connectivity index (χ2v) is 6.41. The van der Waals surface area contributed by atoms with Crippen molar-refractivity contribution in [3.63, 3.8) is 0 Å². The highest BCUT2D eigenvalue weighted by atomic mass is 16.5. The van der Waals surface area contributed by atoms with Crippen LogP contribution in [0.2, 0.25) is 0 Å². The van der Waals surface area contributed by atoms with Crippen LogP contribution in [0.5, 0.6) is 5.88 Å². The monoisotopic (exact) mass is 281 g/mol. The van der Waals surface area contributed by atoms with E-state index in [1.807, 2.05) is 34.6 Å². The summed E-state index contributed by atoms with van der Waals surface area (Å²) in [6.45, 7) is 10.1. The summed E-state index contributed by atoms with van der Waals surface area (Å²) in [7, 11) is 0. The lowest BCUT2D eigenvalue weighted by Crippen LogP contribution is -2.33. The molecule has 1 aromatic heterocycles. The number of nitrogens with two attached hydrogens (primary N) is 1. The summed E-state index contributed by atoms with van der Waals surface area (Å²) >= 11 is 0. The van der Waals surface area contributed by atoms with Crippen molar-refractivity contribution in [2.75, 3.05) is 17.6 Å². The van der Waals surface area contributed by atoms with Gasteiger partial charge < -0.3 is 20.9 Å². The van der Waals surface area contributed by atoms with Gasteiger partial charge in [0.2, 0.25) is 5.88 Å². The number of hydrogen-bond donors (Lipinski definition) is 3. The number of aromatic nitrogens is 1. The molecule has 0 aliphatic rings. The van der Waals surface area contributed by atoms with Crippen LogP contribution < -0.4 is 15.8 Å². The fourth-order valence-electron chi connectivity index (χ4n) is 1.83. The molecule has 0 aliphatic heterocycles. The van der Waals surface area contributed by atoms with E-state index in [9.17, 15) is 5.11 Å². The van der Waals surface area contributed by atoms with Gasteiger partial charge in [0, 0.05) is 6.54 Å². The van der Waals surface area contributed by atoms with Gasteiger partial charge in [0.05, 0.1) is 11.3 Å². The Morgan fingerprint density at radius 2 is 1.95 bits per heavy atom. The number of nitrogens with one attached hydrogen (secondary N) is 1. The Bertz CT molecular complexity index is 439. The predicted octanol–water partition coefficient (Wildman–Crippen LogP) is 2.80. The Hall–Kier alpha value is -1.49. The van der Waals surface area contributed by atoms with Crippen molar-refractivity contribution in [1.82, 2.24) is 4.98 Å². The third-order valence-corrected chi connectivity index (χ3v) is 2.73. The first-order valence-corrected chi connectivity index (χ1v) is 7.05. The van der Waals surface area contributed by atoms with Crippen molar-refractivity contribution in [1.29, 1.82) is 0 Å². The van der Waals surface area contributed by atoms with E-state index >= 15 is 0 Å². The van der Waals surface area contributed by atoms with Crippen molar-refractivity contribution in [2.24, 2.45) is 0 Å². The van der Waals surface area contributed by atoms with Crippen LogP contribution in [0.3, 0.4) is 0 Å². The summed E-state index contributed by atoms with van der Waals surface area (Å²) in [5.74, 6) is 1.06. The molecule has 0 aromatic carbocycles. The molecule has 0 radical (unpaired) electrons. The second kappa shape index (κ2) is 6.31. The average molecular weight is 281 g/mol. The SMILES string of the molecule is CCCC(C)(O)CNc1ccc(N)c(OC(C)(C)C)n1. The highest BCUT2D eigenvalue weighted by molar-refractivity contribution is 5.53. The van der Waals surface area contributed by atoms with Crippen LogP contribution in [0, 0.1) is 0 Å². The quantitative estimate of drug-likeness (QED) is 0.747. The molecule has 5 heteroatoms. The normalized spacial score (nSPS) is 14.7. The van der Waals surface area contributed by atoms with Gasteiger partial charge in [-0.15, -0.1) is 0 Å². The molecule has 0 spiro atoms. The Morgan fingerprint density at radius 3 is 2.50 bits per heavy atom. The smallest absolute Gasteiger partial charge is 0.239 e. The van der Waals surface area contributed by atoms with E-state index in [4.69, 9.17) is 10.5 Å². The molecular formula is C15H27N3O2. The van der Waals surface area contributed by atoms with Crippen molar-refractivity contribution >= 4 is 11.5 Å². The standard InChI is InChI=1S/C15H27N3O2/c1-6-9-15(5,19)10-17-12-8-7-11(16)13(18-12)20-14(2,3)4/h7-8,19H,6,9-10,16H2,1-5H3,(H,17,18). The highest BCUT2D eigenvalue weighted by Gasteiger charge is 2.20. The van der Waals surface area contributed by atoms with Gasteiger partial charge >= 0.3 is 0 Å². The van der Waals surface area contributed by atoms with Crippen LogP contribution in [0.15, 0.2) is 12.1 Å². The molecule has 20 heavy (non-hydrogen) atoms. The highest BCUT2D eigenvalue weighted by Crippen LogP contribution is 2.25. The molecule has 0 fully saturated rings. The van der Waals surface area contributed by atoms with E-state index < -0.39 is 5.60 Å². The number of nitrogen functional groups attached to an aromatic ring is 1. The van der Waals surface area contributed by atoms with Gasteiger partial charge in [-0.05, 0) is 46.2 Å². The van der Waals surface area contributed by atoms with E-state index in [0.29, 0.717) is 23.9 Å². The first-order valence-electron chi connectivity index (χ1n) is 7.05. The lowest BCUT2D eigenvalue weighted by molar-refractivity contribution is 0.0635. The molecule has 0 saturated carbocycles. The van der Waals surface area contributed by atoms with Gasteiger partial charge in [-0.1, -0.05) is 13.3 Å². The van der Waals surface area contributed by atoms with Crippen LogP contribution in [0.1, 0.15) is 47.5 Å². The largest absolute Gasteiger partial charge is 0.470 e. The summed E-state index contributed by atoms with van der Waals surface area (Å²) < 4.78 is 5.71. The lowest BCUT2D eigenvalue weighted by Gasteiger charge is -2.24. The number of rotatable bonds is 6. The summed E-state index contributed by atoms with van der Waals surface area (Å²) in [5, 5.41) is 13.3. The molecular weight excluding hydrogens is 254 g/mol. The van der Waals surface area contributed by atoms with E-state index in [2.05, 4.69) is 10.3 Å². The molecule has 114 valence electrons.